The lowest BCUT2D eigenvalue weighted by atomic mass is 9.93. The number of amides is 2. The molecule has 0 aromatic heterocycles. The number of nitrogens with zero attached hydrogens (tertiary/aromatic N) is 1. The molecular formula is C14H25N3O3. The van der Waals surface area contributed by atoms with Crippen molar-refractivity contribution in [2.45, 2.75) is 38.1 Å². The van der Waals surface area contributed by atoms with E-state index >= 15 is 0 Å². The molecule has 0 bridgehead atoms. The van der Waals surface area contributed by atoms with Gasteiger partial charge >= 0.3 is 6.09 Å². The van der Waals surface area contributed by atoms with Crippen LogP contribution in [0.4, 0.5) is 4.79 Å². The molecule has 2 saturated heterocycles. The standard InChI is InChI=1S/C14H25N3O3/c1-20-14(19)16-12-6-9-17(10-12)13(18)3-2-11-4-7-15-8-5-11/h11-12,15H,2-10H2,1H3,(H,16,19). The number of carbonyl (C=O) groups is 2. The van der Waals surface area contributed by atoms with Gasteiger partial charge in [0.2, 0.25) is 5.91 Å². The molecule has 2 aliphatic heterocycles. The fourth-order valence-corrected chi connectivity index (χ4v) is 2.99. The molecule has 0 aromatic rings. The molecule has 0 radical (unpaired) electrons. The van der Waals surface area contributed by atoms with E-state index in [9.17, 15) is 9.59 Å². The van der Waals surface area contributed by atoms with Crippen molar-refractivity contribution in [3.05, 3.63) is 0 Å². The number of hydrogen-bond donors (Lipinski definition) is 2. The molecule has 114 valence electrons. The third-order valence-corrected chi connectivity index (χ3v) is 4.27. The second-order valence-corrected chi connectivity index (χ2v) is 5.69. The molecule has 1 unspecified atom stereocenters. The molecule has 1 atom stereocenters. The highest BCUT2D eigenvalue weighted by Crippen LogP contribution is 2.19. The van der Waals surface area contributed by atoms with Gasteiger partial charge in [-0.3, -0.25) is 4.79 Å². The lowest BCUT2D eigenvalue weighted by Gasteiger charge is -2.23. The predicted octanol–water partition coefficient (Wildman–Crippen LogP) is 0.723. The van der Waals surface area contributed by atoms with Crippen LogP contribution < -0.4 is 10.6 Å². The van der Waals surface area contributed by atoms with Gasteiger partial charge in [0.15, 0.2) is 0 Å². The normalized spacial score (nSPS) is 23.6. The number of nitrogens with one attached hydrogen (secondary N) is 2. The number of carbonyl (C=O) groups excluding carboxylic acids is 2. The number of rotatable bonds is 4. The molecule has 2 amide bonds. The minimum absolute atomic E-state index is 0.0327. The average molecular weight is 283 g/mol. The SMILES string of the molecule is COC(=O)NC1CCN(C(=O)CCC2CCNCC2)C1. The van der Waals surface area contributed by atoms with Crippen molar-refractivity contribution in [1.29, 1.82) is 0 Å². The van der Waals surface area contributed by atoms with E-state index in [-0.39, 0.29) is 11.9 Å². The van der Waals surface area contributed by atoms with E-state index in [0.29, 0.717) is 18.9 Å². The fourth-order valence-electron chi connectivity index (χ4n) is 2.99. The van der Waals surface area contributed by atoms with Crippen LogP contribution in [0.25, 0.3) is 0 Å². The van der Waals surface area contributed by atoms with Crippen molar-refractivity contribution in [2.24, 2.45) is 5.92 Å². The largest absolute Gasteiger partial charge is 0.453 e. The monoisotopic (exact) mass is 283 g/mol. The molecule has 2 rings (SSSR count). The van der Waals surface area contributed by atoms with Gasteiger partial charge in [0.05, 0.1) is 13.2 Å². The zero-order valence-corrected chi connectivity index (χ0v) is 12.2. The molecule has 0 aliphatic carbocycles. The lowest BCUT2D eigenvalue weighted by Crippen LogP contribution is -2.38. The first-order valence-electron chi connectivity index (χ1n) is 7.52. The van der Waals surface area contributed by atoms with Crippen LogP contribution in [0.1, 0.15) is 32.1 Å². The van der Waals surface area contributed by atoms with Crippen LogP contribution in [0.15, 0.2) is 0 Å². The zero-order valence-electron chi connectivity index (χ0n) is 12.2. The van der Waals surface area contributed by atoms with E-state index in [0.717, 1.165) is 32.5 Å². The first-order valence-corrected chi connectivity index (χ1v) is 7.52. The Morgan fingerprint density at radius 1 is 1.30 bits per heavy atom. The van der Waals surface area contributed by atoms with Crippen LogP contribution >= 0.6 is 0 Å². The van der Waals surface area contributed by atoms with E-state index in [2.05, 4.69) is 15.4 Å². The van der Waals surface area contributed by atoms with Crippen LogP contribution in [0.3, 0.4) is 0 Å². The average Bonchev–Trinajstić information content (AvgIpc) is 2.94. The Morgan fingerprint density at radius 2 is 2.05 bits per heavy atom. The molecule has 2 N–H and O–H groups in total. The summed E-state index contributed by atoms with van der Waals surface area (Å²) in [5.74, 6) is 0.907. The number of piperidine rings is 1. The molecule has 6 heteroatoms. The van der Waals surface area contributed by atoms with Gasteiger partial charge in [0, 0.05) is 19.5 Å². The van der Waals surface area contributed by atoms with Crippen molar-refractivity contribution in [2.75, 3.05) is 33.3 Å². The summed E-state index contributed by atoms with van der Waals surface area (Å²) in [5, 5.41) is 6.10. The van der Waals surface area contributed by atoms with Gasteiger partial charge in [-0.1, -0.05) is 0 Å². The van der Waals surface area contributed by atoms with Crippen molar-refractivity contribution >= 4 is 12.0 Å². The number of ether oxygens (including phenoxy) is 1. The Kier molecular flexibility index (Phi) is 5.64. The Labute approximate surface area is 120 Å². The van der Waals surface area contributed by atoms with Crippen molar-refractivity contribution < 1.29 is 14.3 Å². The van der Waals surface area contributed by atoms with Crippen LogP contribution in [0, 0.1) is 5.92 Å². The van der Waals surface area contributed by atoms with E-state index in [1.165, 1.54) is 20.0 Å². The van der Waals surface area contributed by atoms with Gasteiger partial charge in [0.1, 0.15) is 0 Å². The number of likely N-dealkylation sites (tertiary alicyclic amines) is 1. The topological polar surface area (TPSA) is 70.7 Å². The van der Waals surface area contributed by atoms with Crippen molar-refractivity contribution in [3.8, 4) is 0 Å². The summed E-state index contributed by atoms with van der Waals surface area (Å²) in [6.07, 6.45) is 4.38. The quantitative estimate of drug-likeness (QED) is 0.797. The smallest absolute Gasteiger partial charge is 0.407 e. The number of hydrogen-bond acceptors (Lipinski definition) is 4. The van der Waals surface area contributed by atoms with Crippen molar-refractivity contribution in [3.63, 3.8) is 0 Å². The molecule has 0 saturated carbocycles. The van der Waals surface area contributed by atoms with E-state index < -0.39 is 6.09 Å². The Bertz CT molecular complexity index is 343. The lowest BCUT2D eigenvalue weighted by molar-refractivity contribution is -0.130. The van der Waals surface area contributed by atoms with Crippen LogP contribution in [-0.2, 0) is 9.53 Å². The number of methoxy groups -OCH3 is 1. The molecule has 2 aliphatic rings. The highest BCUT2D eigenvalue weighted by Gasteiger charge is 2.27. The van der Waals surface area contributed by atoms with Gasteiger partial charge in [-0.2, -0.15) is 0 Å². The summed E-state index contributed by atoms with van der Waals surface area (Å²) < 4.78 is 4.58. The predicted molar refractivity (Wildman–Crippen MR) is 75.4 cm³/mol. The van der Waals surface area contributed by atoms with Gasteiger partial charge < -0.3 is 20.3 Å². The highest BCUT2D eigenvalue weighted by molar-refractivity contribution is 5.76. The third-order valence-electron chi connectivity index (χ3n) is 4.27. The first-order chi connectivity index (χ1) is 9.69. The summed E-state index contributed by atoms with van der Waals surface area (Å²) in [5.41, 5.74) is 0. The van der Waals surface area contributed by atoms with Gasteiger partial charge in [-0.05, 0) is 44.7 Å². The van der Waals surface area contributed by atoms with Crippen LogP contribution in [0.2, 0.25) is 0 Å². The summed E-state index contributed by atoms with van der Waals surface area (Å²) >= 11 is 0. The molecule has 2 heterocycles. The van der Waals surface area contributed by atoms with Crippen LogP contribution in [0.5, 0.6) is 0 Å². The Hall–Kier alpha value is -1.30. The highest BCUT2D eigenvalue weighted by atomic mass is 16.5. The maximum Gasteiger partial charge on any atom is 0.407 e. The van der Waals surface area contributed by atoms with E-state index in [4.69, 9.17) is 0 Å². The summed E-state index contributed by atoms with van der Waals surface area (Å²) in [6, 6.07) is 0.0327. The minimum atomic E-state index is -0.418. The summed E-state index contributed by atoms with van der Waals surface area (Å²) in [6.45, 7) is 3.50. The Morgan fingerprint density at radius 3 is 2.75 bits per heavy atom. The maximum atomic E-state index is 12.2. The van der Waals surface area contributed by atoms with E-state index in [1.54, 1.807) is 0 Å². The van der Waals surface area contributed by atoms with Gasteiger partial charge in [0.25, 0.3) is 0 Å². The van der Waals surface area contributed by atoms with Gasteiger partial charge in [-0.25, -0.2) is 4.79 Å². The molecule has 0 aromatic carbocycles. The molecule has 2 fully saturated rings. The second-order valence-electron chi connectivity index (χ2n) is 5.69. The number of alkyl carbamates (subject to hydrolysis) is 1. The second kappa shape index (κ2) is 7.47. The third kappa shape index (κ3) is 4.37. The van der Waals surface area contributed by atoms with Crippen molar-refractivity contribution in [1.82, 2.24) is 15.5 Å². The molecule has 20 heavy (non-hydrogen) atoms. The van der Waals surface area contributed by atoms with E-state index in [1.807, 2.05) is 4.90 Å². The first kappa shape index (κ1) is 15.1. The summed E-state index contributed by atoms with van der Waals surface area (Å²) in [4.78, 5) is 25.2. The minimum Gasteiger partial charge on any atom is -0.453 e. The maximum absolute atomic E-state index is 12.2. The molecular weight excluding hydrogens is 258 g/mol. The zero-order chi connectivity index (χ0) is 14.4. The molecule has 6 nitrogen and oxygen atoms in total. The van der Waals surface area contributed by atoms with Crippen LogP contribution in [-0.4, -0.2) is 56.2 Å². The summed E-state index contributed by atoms with van der Waals surface area (Å²) in [7, 11) is 1.35. The van der Waals surface area contributed by atoms with Gasteiger partial charge in [-0.15, -0.1) is 0 Å². The molecule has 0 spiro atoms. The fraction of sp³-hybridized carbons (Fsp3) is 0.857. The Balaban J connectivity index is 1.67.